The van der Waals surface area contributed by atoms with Crippen molar-refractivity contribution in [1.82, 2.24) is 4.31 Å². The third kappa shape index (κ3) is 6.12. The van der Waals surface area contributed by atoms with Crippen molar-refractivity contribution in [3.63, 3.8) is 0 Å². The van der Waals surface area contributed by atoms with Crippen LogP contribution in [0.3, 0.4) is 0 Å². The van der Waals surface area contributed by atoms with Crippen molar-refractivity contribution in [2.75, 3.05) is 19.5 Å². The summed E-state index contributed by atoms with van der Waals surface area (Å²) in [6.07, 6.45) is 1.66. The van der Waals surface area contributed by atoms with E-state index in [2.05, 4.69) is 26.6 Å². The maximum atomic E-state index is 12.4. The van der Waals surface area contributed by atoms with Gasteiger partial charge in [0.15, 0.2) is 0 Å². The van der Waals surface area contributed by atoms with Crippen LogP contribution in [0.4, 0.5) is 0 Å². The van der Waals surface area contributed by atoms with Gasteiger partial charge >= 0.3 is 0 Å². The van der Waals surface area contributed by atoms with Crippen molar-refractivity contribution in [3.8, 4) is 0 Å². The molecule has 0 aliphatic rings. The van der Waals surface area contributed by atoms with Crippen molar-refractivity contribution in [2.45, 2.75) is 66.2 Å². The Bertz CT molecular complexity index is 390. The maximum absolute atomic E-state index is 12.4. The van der Waals surface area contributed by atoms with E-state index < -0.39 is 9.71 Å². The van der Waals surface area contributed by atoms with E-state index in [4.69, 9.17) is 4.74 Å². The van der Waals surface area contributed by atoms with Crippen LogP contribution in [0.5, 0.6) is 0 Å². The first-order valence-electron chi connectivity index (χ1n) is 7.05. The standard InChI is InChI=1S/C15H33NO3S/c1-12(14(2,3)4)19-11-13(10-17)16(15(5,6)7)20(8,9)18/h12-13,17H,8,10-11H2,1-7,9H3. The zero-order valence-corrected chi connectivity index (χ0v) is 15.2. The molecule has 5 heteroatoms. The van der Waals surface area contributed by atoms with Crippen LogP contribution in [-0.2, 0) is 14.4 Å². The minimum atomic E-state index is -2.42. The highest BCUT2D eigenvalue weighted by atomic mass is 32.2. The normalized spacial score (nSPS) is 19.7. The Kier molecular flexibility index (Phi) is 6.74. The predicted octanol–water partition coefficient (Wildman–Crippen LogP) is 2.16. The SMILES string of the molecule is C=S(C)(=O)N(C(CO)COC(C)C(C)(C)C)C(C)(C)C. The van der Waals surface area contributed by atoms with E-state index >= 15 is 0 Å². The van der Waals surface area contributed by atoms with Crippen LogP contribution in [0.25, 0.3) is 0 Å². The molecule has 0 amide bonds. The summed E-state index contributed by atoms with van der Waals surface area (Å²) in [5, 5.41) is 9.66. The lowest BCUT2D eigenvalue weighted by Gasteiger charge is -2.42. The van der Waals surface area contributed by atoms with Gasteiger partial charge in [0.05, 0.1) is 25.4 Å². The Labute approximate surface area is 125 Å². The van der Waals surface area contributed by atoms with Crippen LogP contribution < -0.4 is 0 Å². The first-order chi connectivity index (χ1) is 8.71. The molecule has 0 heterocycles. The number of aliphatic hydroxyl groups excluding tert-OH is 1. The summed E-state index contributed by atoms with van der Waals surface area (Å²) in [7, 11) is -2.42. The highest BCUT2D eigenvalue weighted by molar-refractivity contribution is 7.97. The average molecular weight is 308 g/mol. The van der Waals surface area contributed by atoms with E-state index in [1.807, 2.05) is 27.7 Å². The molecule has 0 aromatic carbocycles. The van der Waals surface area contributed by atoms with Gasteiger partial charge in [0, 0.05) is 21.5 Å². The van der Waals surface area contributed by atoms with E-state index in [1.54, 1.807) is 10.6 Å². The third-order valence-corrected chi connectivity index (χ3v) is 5.06. The predicted molar refractivity (Wildman–Crippen MR) is 88.5 cm³/mol. The second-order valence-electron chi connectivity index (χ2n) is 7.63. The Balaban J connectivity index is 5.06. The van der Waals surface area contributed by atoms with Gasteiger partial charge in [-0.25, -0.2) is 4.31 Å². The Morgan fingerprint density at radius 1 is 1.25 bits per heavy atom. The summed E-state index contributed by atoms with van der Waals surface area (Å²) in [5.74, 6) is 3.77. The fourth-order valence-electron chi connectivity index (χ4n) is 2.14. The van der Waals surface area contributed by atoms with E-state index in [-0.39, 0.29) is 29.7 Å². The number of hydrogen-bond acceptors (Lipinski definition) is 3. The van der Waals surface area contributed by atoms with E-state index in [0.29, 0.717) is 6.61 Å². The molecule has 1 N–H and O–H groups in total. The lowest BCUT2D eigenvalue weighted by atomic mass is 9.90. The summed E-state index contributed by atoms with van der Waals surface area (Å²) in [6, 6.07) is -0.324. The van der Waals surface area contributed by atoms with Crippen LogP contribution in [0.15, 0.2) is 0 Å². The van der Waals surface area contributed by atoms with E-state index in [9.17, 15) is 9.32 Å². The van der Waals surface area contributed by atoms with Crippen molar-refractivity contribution in [2.24, 2.45) is 5.41 Å². The monoisotopic (exact) mass is 307 g/mol. The number of aliphatic hydroxyl groups is 1. The van der Waals surface area contributed by atoms with Crippen LogP contribution in [0.1, 0.15) is 48.5 Å². The molecular formula is C15H33NO3S. The molecule has 0 saturated carbocycles. The molecule has 0 aliphatic carbocycles. The van der Waals surface area contributed by atoms with Crippen LogP contribution in [0.2, 0.25) is 0 Å². The largest absolute Gasteiger partial charge is 0.395 e. The Hall–Kier alpha value is -0.100. The second kappa shape index (κ2) is 6.77. The molecular weight excluding hydrogens is 274 g/mol. The second-order valence-corrected chi connectivity index (χ2v) is 9.95. The lowest BCUT2D eigenvalue weighted by Crippen LogP contribution is -2.54. The van der Waals surface area contributed by atoms with Gasteiger partial charge in [0.1, 0.15) is 0 Å². The molecule has 20 heavy (non-hydrogen) atoms. The summed E-state index contributed by atoms with van der Waals surface area (Å²) in [6.45, 7) is 14.5. The fourth-order valence-corrected chi connectivity index (χ4v) is 4.06. The van der Waals surface area contributed by atoms with E-state index in [1.165, 1.54) is 0 Å². The zero-order chi connectivity index (χ0) is 16.4. The smallest absolute Gasteiger partial charge is 0.0690 e. The van der Waals surface area contributed by atoms with Gasteiger partial charge in [-0.3, -0.25) is 4.21 Å². The lowest BCUT2D eigenvalue weighted by molar-refractivity contribution is -0.0394. The summed E-state index contributed by atoms with van der Waals surface area (Å²) >= 11 is 0. The Morgan fingerprint density at radius 2 is 1.70 bits per heavy atom. The highest BCUT2D eigenvalue weighted by Gasteiger charge is 2.34. The summed E-state index contributed by atoms with van der Waals surface area (Å²) in [5.41, 5.74) is -0.319. The number of rotatable bonds is 6. The zero-order valence-electron chi connectivity index (χ0n) is 14.4. The van der Waals surface area contributed by atoms with Crippen molar-refractivity contribution in [1.29, 1.82) is 0 Å². The van der Waals surface area contributed by atoms with E-state index in [0.717, 1.165) is 0 Å². The van der Waals surface area contributed by atoms with Gasteiger partial charge < -0.3 is 9.84 Å². The number of ether oxygens (including phenoxy) is 1. The molecule has 0 aromatic heterocycles. The minimum Gasteiger partial charge on any atom is -0.395 e. The molecule has 0 saturated heterocycles. The maximum Gasteiger partial charge on any atom is 0.0690 e. The van der Waals surface area contributed by atoms with Gasteiger partial charge in [-0.1, -0.05) is 20.8 Å². The van der Waals surface area contributed by atoms with Crippen molar-refractivity contribution in [3.05, 3.63) is 0 Å². The van der Waals surface area contributed by atoms with Gasteiger partial charge in [-0.15, -0.1) is 0 Å². The molecule has 4 nitrogen and oxygen atoms in total. The fraction of sp³-hybridized carbons (Fsp3) is 0.933. The van der Waals surface area contributed by atoms with Crippen LogP contribution in [-0.4, -0.2) is 56.6 Å². The van der Waals surface area contributed by atoms with Crippen LogP contribution in [0, 0.1) is 5.41 Å². The molecule has 0 aliphatic heterocycles. The van der Waals surface area contributed by atoms with Crippen molar-refractivity contribution >= 4 is 15.6 Å². The van der Waals surface area contributed by atoms with Gasteiger partial charge in [-0.05, 0) is 39.0 Å². The molecule has 0 rings (SSSR count). The van der Waals surface area contributed by atoms with Crippen molar-refractivity contribution < 1.29 is 14.1 Å². The van der Waals surface area contributed by atoms with Gasteiger partial charge in [0.25, 0.3) is 0 Å². The van der Waals surface area contributed by atoms with Gasteiger partial charge in [-0.2, -0.15) is 0 Å². The Morgan fingerprint density at radius 3 is 1.95 bits per heavy atom. The summed E-state index contributed by atoms with van der Waals surface area (Å²) < 4.78 is 20.1. The number of hydrogen-bond donors (Lipinski definition) is 1. The minimum absolute atomic E-state index is 0.0324. The number of nitrogens with zero attached hydrogens (tertiary/aromatic N) is 1. The average Bonchev–Trinajstić information content (AvgIpc) is 2.17. The highest BCUT2D eigenvalue weighted by Crippen LogP contribution is 2.25. The first-order valence-corrected chi connectivity index (χ1v) is 9.14. The molecule has 0 bridgehead atoms. The molecule has 122 valence electrons. The molecule has 0 aromatic rings. The molecule has 3 atom stereocenters. The molecule has 0 radical (unpaired) electrons. The van der Waals surface area contributed by atoms with Crippen LogP contribution >= 0.6 is 0 Å². The third-order valence-electron chi connectivity index (χ3n) is 3.38. The topological polar surface area (TPSA) is 49.8 Å². The molecule has 3 unspecified atom stereocenters. The summed E-state index contributed by atoms with van der Waals surface area (Å²) in [4.78, 5) is 0. The quantitative estimate of drug-likeness (QED) is 0.765. The molecule has 0 spiro atoms. The first kappa shape index (κ1) is 19.9. The molecule has 0 fully saturated rings. The van der Waals surface area contributed by atoms with Gasteiger partial charge in [0.2, 0.25) is 0 Å².